The van der Waals surface area contributed by atoms with Crippen molar-refractivity contribution < 1.29 is 28.1 Å². The average Bonchev–Trinajstić information content (AvgIpc) is 3.62. The average molecular weight is 744 g/mol. The number of carbonyl (C=O) groups excluding carboxylic acids is 1. The summed E-state index contributed by atoms with van der Waals surface area (Å²) in [7, 11) is -4.15. The van der Waals surface area contributed by atoms with Crippen molar-refractivity contribution in [1.29, 1.82) is 5.26 Å². The first-order chi connectivity index (χ1) is 24.1. The standard InChI is InChI=1S/C34H54N9O6PSi/c1-22(2)43(23(3)4)50(46-19-13-17-35)48-28-27(49-51(8,9)34(5,6)7)25(16-18-37-33(36)45)47-32(28)42-21-40-26-29(38-20-39-30(26)42)41-31(44)24-14-11-10-12-15-24/h10-12,14-15,20-23,25,27-28,32-33,37,45H,13,16,18-19,36H2,1-9H3,(H,38,39,41,44)/t25-,27?,28+,32-,33?,50?/m1/s1. The van der Waals surface area contributed by atoms with Crippen LogP contribution in [-0.4, -0.2) is 93.4 Å². The van der Waals surface area contributed by atoms with Crippen LogP contribution in [0.15, 0.2) is 43.0 Å². The third-order valence-electron chi connectivity index (χ3n) is 9.08. The second-order valence-corrected chi connectivity index (χ2v) is 20.7. The number of aliphatic hydroxyl groups excluding tert-OH is 1. The first-order valence-corrected chi connectivity index (χ1v) is 21.4. The highest BCUT2D eigenvalue weighted by molar-refractivity contribution is 7.44. The van der Waals surface area contributed by atoms with Gasteiger partial charge < -0.3 is 28.6 Å². The van der Waals surface area contributed by atoms with E-state index in [0.29, 0.717) is 29.7 Å². The van der Waals surface area contributed by atoms with Gasteiger partial charge in [-0.1, -0.05) is 39.0 Å². The number of rotatable bonds is 17. The number of aliphatic hydroxyl groups is 1. The molecule has 1 fully saturated rings. The fourth-order valence-electron chi connectivity index (χ4n) is 5.61. The van der Waals surface area contributed by atoms with Gasteiger partial charge in [0.25, 0.3) is 14.4 Å². The largest absolute Gasteiger partial charge is 0.408 e. The molecule has 0 spiro atoms. The lowest BCUT2D eigenvalue weighted by molar-refractivity contribution is -0.0348. The Hall–Kier alpha value is -2.94. The number of aromatic nitrogens is 4. The van der Waals surface area contributed by atoms with Crippen LogP contribution in [0.5, 0.6) is 0 Å². The molecule has 3 aromatic rings. The summed E-state index contributed by atoms with van der Waals surface area (Å²) in [6.45, 7) is 19.7. The molecule has 2 aromatic heterocycles. The van der Waals surface area contributed by atoms with Crippen molar-refractivity contribution in [1.82, 2.24) is 29.5 Å². The first-order valence-electron chi connectivity index (χ1n) is 17.3. The van der Waals surface area contributed by atoms with E-state index in [2.05, 4.69) is 97.9 Å². The lowest BCUT2D eigenvalue weighted by Gasteiger charge is -2.42. The Morgan fingerprint density at radius 3 is 2.45 bits per heavy atom. The highest BCUT2D eigenvalue weighted by Gasteiger charge is 2.53. The highest BCUT2D eigenvalue weighted by Crippen LogP contribution is 2.52. The minimum atomic E-state index is -2.44. The van der Waals surface area contributed by atoms with Gasteiger partial charge in [-0.3, -0.25) is 20.4 Å². The van der Waals surface area contributed by atoms with Gasteiger partial charge in [-0.2, -0.15) is 5.26 Å². The fourth-order valence-corrected chi connectivity index (χ4v) is 8.66. The number of imidazole rings is 1. The van der Waals surface area contributed by atoms with E-state index < -0.39 is 47.7 Å². The number of nitriles is 1. The number of amides is 1. The van der Waals surface area contributed by atoms with Gasteiger partial charge in [0.05, 0.1) is 31.5 Å². The summed E-state index contributed by atoms with van der Waals surface area (Å²) in [6.07, 6.45) is -0.170. The van der Waals surface area contributed by atoms with Crippen molar-refractivity contribution in [3.63, 3.8) is 0 Å². The van der Waals surface area contributed by atoms with Gasteiger partial charge in [0.1, 0.15) is 18.5 Å². The number of nitrogens with two attached hydrogens (primary N) is 1. The van der Waals surface area contributed by atoms with Crippen molar-refractivity contribution in [2.75, 3.05) is 18.5 Å². The van der Waals surface area contributed by atoms with E-state index in [4.69, 9.17) is 23.9 Å². The lowest BCUT2D eigenvalue weighted by Crippen LogP contribution is -2.50. The Morgan fingerprint density at radius 1 is 1.16 bits per heavy atom. The number of benzene rings is 1. The Morgan fingerprint density at radius 2 is 1.84 bits per heavy atom. The van der Waals surface area contributed by atoms with E-state index in [0.717, 1.165) is 0 Å². The Balaban J connectivity index is 1.82. The minimum Gasteiger partial charge on any atom is -0.408 e. The maximum atomic E-state index is 13.1. The molecule has 4 rings (SSSR count). The predicted molar refractivity (Wildman–Crippen MR) is 199 cm³/mol. The summed E-state index contributed by atoms with van der Waals surface area (Å²) in [6, 6.07) is 11.1. The number of carbonyl (C=O) groups is 1. The number of fused-ring (bicyclic) bond motifs is 1. The molecule has 1 aromatic carbocycles. The molecule has 0 bridgehead atoms. The Kier molecular flexibility index (Phi) is 14.2. The van der Waals surface area contributed by atoms with Gasteiger partial charge in [-0.25, -0.2) is 19.6 Å². The first kappa shape index (κ1) is 40.8. The van der Waals surface area contributed by atoms with E-state index in [1.807, 2.05) is 6.07 Å². The maximum Gasteiger partial charge on any atom is 0.259 e. The van der Waals surface area contributed by atoms with Gasteiger partial charge in [0, 0.05) is 24.2 Å². The zero-order chi connectivity index (χ0) is 37.5. The van der Waals surface area contributed by atoms with Crippen LogP contribution >= 0.6 is 8.53 Å². The second kappa shape index (κ2) is 17.7. The molecule has 3 heterocycles. The Labute approximate surface area is 303 Å². The summed E-state index contributed by atoms with van der Waals surface area (Å²) in [5, 5.41) is 24.7. The molecular weight excluding hydrogens is 689 g/mol. The molecule has 1 saturated heterocycles. The smallest absolute Gasteiger partial charge is 0.259 e. The lowest BCUT2D eigenvalue weighted by atomic mass is 10.1. The van der Waals surface area contributed by atoms with Crippen molar-refractivity contribution in [3.05, 3.63) is 48.5 Å². The molecule has 6 atom stereocenters. The van der Waals surface area contributed by atoms with Crippen LogP contribution in [0.4, 0.5) is 5.82 Å². The molecule has 0 aliphatic carbocycles. The van der Waals surface area contributed by atoms with Gasteiger partial charge in [0.2, 0.25) is 0 Å². The molecule has 1 amide bonds. The Bertz CT molecular complexity index is 1610. The normalized spacial score (nSPS) is 21.0. The maximum absolute atomic E-state index is 13.1. The van der Waals surface area contributed by atoms with Crippen LogP contribution in [0.2, 0.25) is 18.1 Å². The van der Waals surface area contributed by atoms with Gasteiger partial charge in [-0.05, 0) is 64.4 Å². The van der Waals surface area contributed by atoms with Gasteiger partial charge in [0.15, 0.2) is 37.9 Å². The minimum absolute atomic E-state index is 0.0577. The quantitative estimate of drug-likeness (QED) is 0.0607. The topological polar surface area (TPSA) is 195 Å². The van der Waals surface area contributed by atoms with Crippen molar-refractivity contribution >= 4 is 39.7 Å². The second-order valence-electron chi connectivity index (χ2n) is 14.6. The van der Waals surface area contributed by atoms with Crippen molar-refractivity contribution in [2.45, 2.75) is 122 Å². The van der Waals surface area contributed by atoms with Crippen LogP contribution in [-0.2, 0) is 18.2 Å². The van der Waals surface area contributed by atoms with E-state index >= 15 is 0 Å². The molecule has 280 valence electrons. The number of hydrogen-bond donors (Lipinski definition) is 4. The third kappa shape index (κ3) is 10.1. The molecule has 1 aliphatic rings. The van der Waals surface area contributed by atoms with E-state index in [-0.39, 0.29) is 41.9 Å². The monoisotopic (exact) mass is 743 g/mol. The highest BCUT2D eigenvalue weighted by atomic mass is 31.2. The summed E-state index contributed by atoms with van der Waals surface area (Å²) in [5.41, 5.74) is 6.90. The number of ether oxygens (including phenoxy) is 1. The number of nitrogens with one attached hydrogen (secondary N) is 2. The van der Waals surface area contributed by atoms with Crippen molar-refractivity contribution in [2.24, 2.45) is 5.73 Å². The molecule has 1 aliphatic heterocycles. The zero-order valence-electron chi connectivity index (χ0n) is 31.1. The van der Waals surface area contributed by atoms with Crippen LogP contribution in [0.3, 0.4) is 0 Å². The van der Waals surface area contributed by atoms with Gasteiger partial charge in [-0.15, -0.1) is 0 Å². The summed E-state index contributed by atoms with van der Waals surface area (Å²) >= 11 is 0. The molecule has 51 heavy (non-hydrogen) atoms. The third-order valence-corrected chi connectivity index (χ3v) is 15.7. The van der Waals surface area contributed by atoms with Crippen molar-refractivity contribution in [3.8, 4) is 6.07 Å². The molecular formula is C34H54N9O6PSi. The van der Waals surface area contributed by atoms with Crippen LogP contribution in [0.25, 0.3) is 11.2 Å². The molecule has 17 heteroatoms. The van der Waals surface area contributed by atoms with Gasteiger partial charge >= 0.3 is 0 Å². The van der Waals surface area contributed by atoms with Crippen LogP contribution in [0, 0.1) is 11.3 Å². The molecule has 5 N–H and O–H groups in total. The van der Waals surface area contributed by atoms with Crippen LogP contribution < -0.4 is 16.4 Å². The van der Waals surface area contributed by atoms with E-state index in [9.17, 15) is 15.2 Å². The predicted octanol–water partition coefficient (Wildman–Crippen LogP) is 5.24. The number of hydrogen-bond acceptors (Lipinski definition) is 13. The summed E-state index contributed by atoms with van der Waals surface area (Å²) in [4.78, 5) is 26.7. The van der Waals surface area contributed by atoms with Crippen LogP contribution in [0.1, 0.15) is 77.9 Å². The molecule has 0 radical (unpaired) electrons. The molecule has 3 unspecified atom stereocenters. The van der Waals surface area contributed by atoms with E-state index in [1.165, 1.54) is 6.33 Å². The number of nitrogens with zero attached hydrogens (tertiary/aromatic N) is 6. The zero-order valence-corrected chi connectivity index (χ0v) is 33.0. The molecule has 15 nitrogen and oxygen atoms in total. The fraction of sp³-hybridized carbons (Fsp3) is 0.618. The SMILES string of the molecule is CC(C)N(C(C)C)P(OCCC#N)O[C@H]1C(O[Si](C)(C)C(C)(C)C)[C@@H](CCNC(N)O)O[C@H]1n1cnc2c(NC(=O)c3ccccc3)ncnc21. The number of anilines is 1. The summed E-state index contributed by atoms with van der Waals surface area (Å²) in [5.74, 6) is -0.0775. The van der Waals surface area contributed by atoms with E-state index in [1.54, 1.807) is 35.2 Å². The summed E-state index contributed by atoms with van der Waals surface area (Å²) < 4.78 is 31.4. The molecule has 0 saturated carbocycles.